The van der Waals surface area contributed by atoms with Gasteiger partial charge in [-0.1, -0.05) is 0 Å². The molecule has 114 valence electrons. The monoisotopic (exact) mass is 294 g/mol. The molecule has 0 spiro atoms. The first-order valence-electron chi connectivity index (χ1n) is 6.98. The number of hydrogen-bond acceptors (Lipinski definition) is 4. The van der Waals surface area contributed by atoms with Crippen LogP contribution in [0.5, 0.6) is 0 Å². The summed E-state index contributed by atoms with van der Waals surface area (Å²) in [5.74, 6) is -1.35. The Balaban J connectivity index is 1.93. The summed E-state index contributed by atoms with van der Waals surface area (Å²) >= 11 is 0. The van der Waals surface area contributed by atoms with Crippen LogP contribution in [0.15, 0.2) is 12.1 Å². The molecule has 1 aromatic carbocycles. The van der Waals surface area contributed by atoms with Gasteiger partial charge in [-0.3, -0.25) is 4.90 Å². The van der Waals surface area contributed by atoms with Gasteiger partial charge >= 0.3 is 0 Å². The summed E-state index contributed by atoms with van der Waals surface area (Å²) in [6.07, 6.45) is 0. The molecule has 1 unspecified atom stereocenters. The predicted molar refractivity (Wildman–Crippen MR) is 76.7 cm³/mol. The molecule has 1 heterocycles. The van der Waals surface area contributed by atoms with E-state index in [1.165, 1.54) is 0 Å². The van der Waals surface area contributed by atoms with Gasteiger partial charge in [-0.2, -0.15) is 5.26 Å². The number of nitrogens with zero attached hydrogens (tertiary/aromatic N) is 3. The fraction of sp³-hybridized carbons (Fsp3) is 0.533. The van der Waals surface area contributed by atoms with Crippen molar-refractivity contribution >= 4 is 0 Å². The van der Waals surface area contributed by atoms with Gasteiger partial charge in [0, 0.05) is 44.3 Å². The van der Waals surface area contributed by atoms with E-state index in [1.807, 2.05) is 0 Å². The summed E-state index contributed by atoms with van der Waals surface area (Å²) in [6.45, 7) is 3.74. The molecule has 0 amide bonds. The minimum absolute atomic E-state index is 0.00221. The van der Waals surface area contributed by atoms with Crippen molar-refractivity contribution in [3.8, 4) is 6.07 Å². The number of rotatable bonds is 4. The lowest BCUT2D eigenvalue weighted by Crippen LogP contribution is -2.53. The average molecular weight is 294 g/mol. The third kappa shape index (κ3) is 3.97. The molecule has 21 heavy (non-hydrogen) atoms. The Morgan fingerprint density at radius 2 is 1.95 bits per heavy atom. The number of benzene rings is 1. The highest BCUT2D eigenvalue weighted by atomic mass is 19.1. The van der Waals surface area contributed by atoms with Crippen molar-refractivity contribution in [2.24, 2.45) is 0 Å². The minimum Gasteiger partial charge on any atom is -0.311 e. The first-order valence-corrected chi connectivity index (χ1v) is 6.98. The first-order chi connectivity index (χ1) is 10.0. The Kier molecular flexibility index (Phi) is 5.23. The molecule has 4 nitrogen and oxygen atoms in total. The van der Waals surface area contributed by atoms with E-state index in [4.69, 9.17) is 5.26 Å². The van der Waals surface area contributed by atoms with E-state index >= 15 is 0 Å². The van der Waals surface area contributed by atoms with Gasteiger partial charge in [-0.25, -0.2) is 8.78 Å². The molecule has 1 aromatic rings. The fourth-order valence-electron chi connectivity index (χ4n) is 2.52. The molecule has 1 saturated heterocycles. The van der Waals surface area contributed by atoms with Crippen molar-refractivity contribution in [3.63, 3.8) is 0 Å². The second-order valence-corrected chi connectivity index (χ2v) is 5.56. The largest absolute Gasteiger partial charge is 0.311 e. The van der Waals surface area contributed by atoms with Crippen molar-refractivity contribution in [2.75, 3.05) is 40.3 Å². The molecule has 0 bridgehead atoms. The number of halogens is 2. The smallest absolute Gasteiger partial charge is 0.131 e. The normalized spacial score (nSPS) is 20.4. The third-order valence-electron chi connectivity index (χ3n) is 3.93. The van der Waals surface area contributed by atoms with Crippen molar-refractivity contribution < 1.29 is 8.78 Å². The zero-order chi connectivity index (χ0) is 15.4. The molecule has 0 aliphatic carbocycles. The van der Waals surface area contributed by atoms with Crippen LogP contribution in [0.4, 0.5) is 8.78 Å². The summed E-state index contributed by atoms with van der Waals surface area (Å²) in [5, 5.41) is 11.8. The van der Waals surface area contributed by atoms with Crippen molar-refractivity contribution in [3.05, 3.63) is 34.9 Å². The number of likely N-dealkylation sites (N-methyl/N-ethyl adjacent to an activating group) is 2. The Morgan fingerprint density at radius 1 is 1.29 bits per heavy atom. The second-order valence-electron chi connectivity index (χ2n) is 5.56. The molecule has 1 atom stereocenters. The Morgan fingerprint density at radius 3 is 2.57 bits per heavy atom. The standard InChI is InChI=1S/C15H20F2N4/c1-20-3-4-21(2)12(10-20)8-19-9-13-14(16)5-11(7-18)6-15(13)17/h5-6,12,19H,3-4,8-10H2,1-2H3. The van der Waals surface area contributed by atoms with E-state index < -0.39 is 11.6 Å². The maximum atomic E-state index is 13.8. The summed E-state index contributed by atoms with van der Waals surface area (Å²) < 4.78 is 27.5. The van der Waals surface area contributed by atoms with Crippen LogP contribution in [0, 0.1) is 23.0 Å². The van der Waals surface area contributed by atoms with E-state index in [0.717, 1.165) is 31.8 Å². The molecule has 2 rings (SSSR count). The van der Waals surface area contributed by atoms with E-state index in [9.17, 15) is 8.78 Å². The van der Waals surface area contributed by atoms with Gasteiger partial charge in [0.2, 0.25) is 0 Å². The fourth-order valence-corrected chi connectivity index (χ4v) is 2.52. The van der Waals surface area contributed by atoms with Crippen LogP contribution in [0.3, 0.4) is 0 Å². The first kappa shape index (κ1) is 15.8. The summed E-state index contributed by atoms with van der Waals surface area (Å²) in [7, 11) is 4.13. The Bertz CT molecular complexity index is 518. The van der Waals surface area contributed by atoms with Gasteiger partial charge in [0.1, 0.15) is 11.6 Å². The summed E-state index contributed by atoms with van der Waals surface area (Å²) in [5.41, 5.74) is -0.0109. The number of nitrogens with one attached hydrogen (secondary N) is 1. The maximum absolute atomic E-state index is 13.8. The van der Waals surface area contributed by atoms with Gasteiger partial charge in [0.05, 0.1) is 11.6 Å². The van der Waals surface area contributed by atoms with Crippen LogP contribution in [0.25, 0.3) is 0 Å². The van der Waals surface area contributed by atoms with Crippen LogP contribution < -0.4 is 5.32 Å². The Labute approximate surface area is 124 Å². The lowest BCUT2D eigenvalue weighted by molar-refractivity contribution is 0.113. The van der Waals surface area contributed by atoms with E-state index in [0.29, 0.717) is 12.6 Å². The maximum Gasteiger partial charge on any atom is 0.131 e. The molecule has 1 aliphatic heterocycles. The van der Waals surface area contributed by atoms with E-state index in [2.05, 4.69) is 29.2 Å². The molecular formula is C15H20F2N4. The lowest BCUT2D eigenvalue weighted by atomic mass is 10.1. The average Bonchev–Trinajstić information content (AvgIpc) is 2.45. The number of nitriles is 1. The second kappa shape index (κ2) is 6.94. The molecule has 6 heteroatoms. The van der Waals surface area contributed by atoms with Gasteiger partial charge in [-0.05, 0) is 26.2 Å². The summed E-state index contributed by atoms with van der Waals surface area (Å²) in [4.78, 5) is 4.49. The van der Waals surface area contributed by atoms with Crippen LogP contribution in [-0.4, -0.2) is 56.1 Å². The minimum atomic E-state index is -0.673. The number of hydrogen-bond donors (Lipinski definition) is 1. The molecule has 1 aliphatic rings. The highest BCUT2D eigenvalue weighted by Crippen LogP contribution is 2.15. The highest BCUT2D eigenvalue weighted by Gasteiger charge is 2.21. The zero-order valence-corrected chi connectivity index (χ0v) is 12.4. The highest BCUT2D eigenvalue weighted by molar-refractivity contribution is 5.34. The van der Waals surface area contributed by atoms with Crippen molar-refractivity contribution in [1.29, 1.82) is 5.26 Å². The van der Waals surface area contributed by atoms with Crippen molar-refractivity contribution in [1.82, 2.24) is 15.1 Å². The lowest BCUT2D eigenvalue weighted by Gasteiger charge is -2.37. The van der Waals surface area contributed by atoms with E-state index in [-0.39, 0.29) is 17.7 Å². The van der Waals surface area contributed by atoms with Gasteiger partial charge in [-0.15, -0.1) is 0 Å². The SMILES string of the molecule is CN1CCN(C)C(CNCc2c(F)cc(C#N)cc2F)C1. The van der Waals surface area contributed by atoms with Crippen LogP contribution in [0.1, 0.15) is 11.1 Å². The van der Waals surface area contributed by atoms with Crippen LogP contribution in [0.2, 0.25) is 0 Å². The molecule has 0 radical (unpaired) electrons. The molecule has 1 N–H and O–H groups in total. The van der Waals surface area contributed by atoms with Crippen LogP contribution >= 0.6 is 0 Å². The zero-order valence-electron chi connectivity index (χ0n) is 12.4. The van der Waals surface area contributed by atoms with Crippen LogP contribution in [-0.2, 0) is 6.54 Å². The van der Waals surface area contributed by atoms with Gasteiger partial charge in [0.15, 0.2) is 0 Å². The van der Waals surface area contributed by atoms with Crippen molar-refractivity contribution in [2.45, 2.75) is 12.6 Å². The third-order valence-corrected chi connectivity index (χ3v) is 3.93. The molecular weight excluding hydrogens is 274 g/mol. The number of piperazine rings is 1. The topological polar surface area (TPSA) is 42.3 Å². The molecule has 0 saturated carbocycles. The predicted octanol–water partition coefficient (Wildman–Crippen LogP) is 1.17. The summed E-state index contributed by atoms with van der Waals surface area (Å²) in [6, 6.07) is 4.21. The van der Waals surface area contributed by atoms with Gasteiger partial charge < -0.3 is 10.2 Å². The van der Waals surface area contributed by atoms with Gasteiger partial charge in [0.25, 0.3) is 0 Å². The Hall–Kier alpha value is -1.55. The van der Waals surface area contributed by atoms with E-state index in [1.54, 1.807) is 6.07 Å². The molecule has 1 fully saturated rings. The quantitative estimate of drug-likeness (QED) is 0.905. The molecule has 0 aromatic heterocycles.